The molecule has 2 rings (SSSR count). The molecule has 0 bridgehead atoms. The van der Waals surface area contributed by atoms with Crippen LogP contribution < -0.4 is 4.74 Å². The van der Waals surface area contributed by atoms with Gasteiger partial charge in [-0.25, -0.2) is 0 Å². The van der Waals surface area contributed by atoms with Crippen molar-refractivity contribution in [3.05, 3.63) is 54.1 Å². The third kappa shape index (κ3) is 3.48. The molecular formula is C17H17BrO2. The Balaban J connectivity index is 2.33. The Labute approximate surface area is 127 Å². The van der Waals surface area contributed by atoms with Crippen molar-refractivity contribution in [2.45, 2.75) is 19.2 Å². The molecule has 0 saturated carbocycles. The van der Waals surface area contributed by atoms with Crippen molar-refractivity contribution in [1.82, 2.24) is 0 Å². The molecule has 2 nitrogen and oxygen atoms in total. The maximum absolute atomic E-state index is 11.8. The van der Waals surface area contributed by atoms with Gasteiger partial charge in [-0.2, -0.15) is 0 Å². The fraction of sp³-hybridized carbons (Fsp3) is 0.235. The van der Waals surface area contributed by atoms with Gasteiger partial charge < -0.3 is 4.74 Å². The Morgan fingerprint density at radius 3 is 2.35 bits per heavy atom. The minimum atomic E-state index is -0.213. The highest BCUT2D eigenvalue weighted by Crippen LogP contribution is 2.30. The summed E-state index contributed by atoms with van der Waals surface area (Å²) in [5.74, 6) is 0.256. The molecule has 2 aromatic carbocycles. The van der Waals surface area contributed by atoms with E-state index in [9.17, 15) is 4.79 Å². The van der Waals surface area contributed by atoms with E-state index in [1.54, 1.807) is 0 Å². The average Bonchev–Trinajstić information content (AvgIpc) is 2.48. The Morgan fingerprint density at radius 1 is 1.10 bits per heavy atom. The molecular weight excluding hydrogens is 316 g/mol. The second-order valence-electron chi connectivity index (χ2n) is 4.90. The van der Waals surface area contributed by atoms with E-state index in [4.69, 9.17) is 4.74 Å². The lowest BCUT2D eigenvalue weighted by molar-refractivity contribution is -0.137. The van der Waals surface area contributed by atoms with Crippen LogP contribution in [0.5, 0.6) is 5.75 Å². The van der Waals surface area contributed by atoms with Gasteiger partial charge in [0.25, 0.3) is 0 Å². The first kappa shape index (κ1) is 14.8. The number of alkyl halides is 1. The smallest absolute Gasteiger partial charge is 0.313 e. The number of hydrogen-bond acceptors (Lipinski definition) is 2. The van der Waals surface area contributed by atoms with Crippen LogP contribution in [0.3, 0.4) is 0 Å². The van der Waals surface area contributed by atoms with Gasteiger partial charge in [-0.05, 0) is 17.2 Å². The monoisotopic (exact) mass is 332 g/mol. The highest BCUT2D eigenvalue weighted by molar-refractivity contribution is 9.08. The third-order valence-electron chi connectivity index (χ3n) is 2.99. The Kier molecular flexibility index (Phi) is 4.96. The Hall–Kier alpha value is -1.61. The molecule has 104 valence electrons. The molecule has 0 N–H and O–H groups in total. The highest BCUT2D eigenvalue weighted by atomic mass is 79.9. The molecule has 3 heteroatoms. The number of carbonyl (C=O) groups excluding carboxylic acids is 1. The summed E-state index contributed by atoms with van der Waals surface area (Å²) < 4.78 is 5.47. The number of carbonyl (C=O) groups is 1. The molecule has 0 spiro atoms. The first-order chi connectivity index (χ1) is 9.61. The van der Waals surface area contributed by atoms with Gasteiger partial charge in [0.1, 0.15) is 5.75 Å². The van der Waals surface area contributed by atoms with Crippen molar-refractivity contribution in [3.63, 3.8) is 0 Å². The molecule has 0 fully saturated rings. The summed E-state index contributed by atoms with van der Waals surface area (Å²) in [4.78, 5) is 11.8. The largest absolute Gasteiger partial charge is 0.426 e. The normalized spacial score (nSPS) is 10.6. The summed E-state index contributed by atoms with van der Waals surface area (Å²) in [7, 11) is 0. The number of hydrogen-bond donors (Lipinski definition) is 0. The van der Waals surface area contributed by atoms with Crippen LogP contribution in [0.1, 0.15) is 19.4 Å². The van der Waals surface area contributed by atoms with Gasteiger partial charge in [0.05, 0.1) is 5.92 Å². The van der Waals surface area contributed by atoms with Gasteiger partial charge in [0, 0.05) is 10.9 Å². The average molecular weight is 333 g/mol. The lowest BCUT2D eigenvalue weighted by atomic mass is 10.0. The molecule has 0 aliphatic rings. The van der Waals surface area contributed by atoms with Gasteiger partial charge in [0.2, 0.25) is 0 Å². The number of ether oxygens (including phenoxy) is 1. The van der Waals surface area contributed by atoms with E-state index in [1.165, 1.54) is 5.56 Å². The van der Waals surface area contributed by atoms with Crippen molar-refractivity contribution in [3.8, 4) is 16.9 Å². The molecule has 0 radical (unpaired) electrons. The third-order valence-corrected chi connectivity index (χ3v) is 3.64. The van der Waals surface area contributed by atoms with Crippen LogP contribution >= 0.6 is 15.9 Å². The highest BCUT2D eigenvalue weighted by Gasteiger charge is 2.13. The van der Waals surface area contributed by atoms with Crippen LogP contribution in [-0.2, 0) is 10.1 Å². The quantitative estimate of drug-likeness (QED) is 0.456. The van der Waals surface area contributed by atoms with E-state index in [0.717, 1.165) is 16.5 Å². The SMILES string of the molecule is CC(C)C(=O)Oc1ccccc1-c1ccc(CBr)cc1. The van der Waals surface area contributed by atoms with E-state index >= 15 is 0 Å². The van der Waals surface area contributed by atoms with Crippen LogP contribution in [0.2, 0.25) is 0 Å². The predicted molar refractivity (Wildman–Crippen MR) is 85.0 cm³/mol. The van der Waals surface area contributed by atoms with Crippen LogP contribution in [0.15, 0.2) is 48.5 Å². The van der Waals surface area contributed by atoms with Gasteiger partial charge in [-0.1, -0.05) is 72.2 Å². The fourth-order valence-electron chi connectivity index (χ4n) is 1.79. The minimum Gasteiger partial charge on any atom is -0.426 e. The summed E-state index contributed by atoms with van der Waals surface area (Å²) >= 11 is 3.43. The Bertz CT molecular complexity index is 588. The maximum Gasteiger partial charge on any atom is 0.313 e. The first-order valence-electron chi connectivity index (χ1n) is 6.58. The van der Waals surface area contributed by atoms with Crippen molar-refractivity contribution >= 4 is 21.9 Å². The summed E-state index contributed by atoms with van der Waals surface area (Å²) in [5.41, 5.74) is 3.19. The van der Waals surface area contributed by atoms with E-state index in [-0.39, 0.29) is 11.9 Å². The lowest BCUT2D eigenvalue weighted by Gasteiger charge is -2.12. The molecule has 0 amide bonds. The molecule has 0 heterocycles. The van der Waals surface area contributed by atoms with Crippen LogP contribution in [0, 0.1) is 5.92 Å². The lowest BCUT2D eigenvalue weighted by Crippen LogP contribution is -2.15. The number of rotatable bonds is 4. The molecule has 0 unspecified atom stereocenters. The molecule has 0 atom stereocenters. The van der Waals surface area contributed by atoms with Crippen molar-refractivity contribution in [2.24, 2.45) is 5.92 Å². The van der Waals surface area contributed by atoms with Gasteiger partial charge in [0.15, 0.2) is 0 Å². The summed E-state index contributed by atoms with van der Waals surface area (Å²) in [5, 5.41) is 0.831. The standard InChI is InChI=1S/C17H17BrO2/c1-12(2)17(19)20-16-6-4-3-5-15(16)14-9-7-13(11-18)8-10-14/h3-10,12H,11H2,1-2H3. The molecule has 0 saturated heterocycles. The summed E-state index contributed by atoms with van der Waals surface area (Å²) in [6.07, 6.45) is 0. The van der Waals surface area contributed by atoms with Crippen molar-refractivity contribution in [1.29, 1.82) is 0 Å². The van der Waals surface area contributed by atoms with E-state index in [2.05, 4.69) is 28.1 Å². The molecule has 0 aromatic heterocycles. The summed E-state index contributed by atoms with van der Waals surface area (Å²) in [6, 6.07) is 15.8. The van der Waals surface area contributed by atoms with Crippen molar-refractivity contribution in [2.75, 3.05) is 0 Å². The first-order valence-corrected chi connectivity index (χ1v) is 7.70. The zero-order valence-corrected chi connectivity index (χ0v) is 13.2. The van der Waals surface area contributed by atoms with Gasteiger partial charge in [-0.15, -0.1) is 0 Å². The molecule has 2 aromatic rings. The topological polar surface area (TPSA) is 26.3 Å². The molecule has 20 heavy (non-hydrogen) atoms. The minimum absolute atomic E-state index is 0.140. The summed E-state index contributed by atoms with van der Waals surface area (Å²) in [6.45, 7) is 3.66. The van der Waals surface area contributed by atoms with Crippen LogP contribution in [0.25, 0.3) is 11.1 Å². The van der Waals surface area contributed by atoms with E-state index in [1.807, 2.05) is 50.2 Å². The molecule has 0 aliphatic heterocycles. The van der Waals surface area contributed by atoms with E-state index < -0.39 is 0 Å². The van der Waals surface area contributed by atoms with Crippen LogP contribution in [0.4, 0.5) is 0 Å². The fourth-order valence-corrected chi connectivity index (χ4v) is 2.17. The second kappa shape index (κ2) is 6.71. The molecule has 0 aliphatic carbocycles. The van der Waals surface area contributed by atoms with E-state index in [0.29, 0.717) is 5.75 Å². The Morgan fingerprint density at radius 2 is 1.75 bits per heavy atom. The van der Waals surface area contributed by atoms with Crippen molar-refractivity contribution < 1.29 is 9.53 Å². The van der Waals surface area contributed by atoms with Gasteiger partial charge >= 0.3 is 5.97 Å². The zero-order valence-electron chi connectivity index (χ0n) is 11.6. The second-order valence-corrected chi connectivity index (χ2v) is 5.46. The van der Waals surface area contributed by atoms with Crippen LogP contribution in [-0.4, -0.2) is 5.97 Å². The number of para-hydroxylation sites is 1. The number of halogens is 1. The predicted octanol–water partition coefficient (Wildman–Crippen LogP) is 4.81. The van der Waals surface area contributed by atoms with Gasteiger partial charge in [-0.3, -0.25) is 4.79 Å². The maximum atomic E-state index is 11.8. The zero-order chi connectivity index (χ0) is 14.5. The number of benzene rings is 2. The number of esters is 1.